The fraction of sp³-hybridized carbons (Fsp3) is 0.667. The summed E-state index contributed by atoms with van der Waals surface area (Å²) in [7, 11) is 1.67. The maximum Gasteiger partial charge on any atom is 0.406 e. The molecular formula is C9H14N4O4. The molecule has 2 rings (SSSR count). The van der Waals surface area contributed by atoms with Gasteiger partial charge in [-0.05, 0) is 9.91 Å². The van der Waals surface area contributed by atoms with Gasteiger partial charge in [0.25, 0.3) is 0 Å². The molecule has 94 valence electrons. The molecule has 2 heterocycles. The molecule has 0 bridgehead atoms. The van der Waals surface area contributed by atoms with Crippen LogP contribution in [0, 0.1) is 17.0 Å². The molecule has 8 nitrogen and oxygen atoms in total. The summed E-state index contributed by atoms with van der Waals surface area (Å²) >= 11 is 0. The van der Waals surface area contributed by atoms with Crippen molar-refractivity contribution in [3.8, 4) is 0 Å². The Hall–Kier alpha value is -1.67. The quantitative estimate of drug-likeness (QED) is 0.518. The number of aliphatic hydroxyl groups excluding tert-OH is 2. The lowest BCUT2D eigenvalue weighted by atomic mass is 10.3. The fourth-order valence-electron chi connectivity index (χ4n) is 2.00. The van der Waals surface area contributed by atoms with Crippen LogP contribution in [0.1, 0.15) is 5.82 Å². The summed E-state index contributed by atoms with van der Waals surface area (Å²) in [4.78, 5) is 15.8. The van der Waals surface area contributed by atoms with Crippen molar-refractivity contribution in [2.75, 3.05) is 18.0 Å². The second kappa shape index (κ2) is 3.97. The summed E-state index contributed by atoms with van der Waals surface area (Å²) in [6.45, 7) is 2.00. The van der Waals surface area contributed by atoms with Crippen molar-refractivity contribution in [2.45, 2.75) is 19.1 Å². The van der Waals surface area contributed by atoms with E-state index in [0.717, 1.165) is 0 Å². The van der Waals surface area contributed by atoms with E-state index in [-0.39, 0.29) is 18.9 Å². The van der Waals surface area contributed by atoms with Crippen LogP contribution in [0.15, 0.2) is 0 Å². The first-order valence-electron chi connectivity index (χ1n) is 5.20. The van der Waals surface area contributed by atoms with E-state index in [2.05, 4.69) is 4.98 Å². The lowest BCUT2D eigenvalue weighted by Crippen LogP contribution is -2.24. The molecule has 2 atom stereocenters. The molecule has 1 fully saturated rings. The number of nitrogens with zero attached hydrogens (tertiary/aromatic N) is 4. The fourth-order valence-corrected chi connectivity index (χ4v) is 2.00. The van der Waals surface area contributed by atoms with Crippen molar-refractivity contribution < 1.29 is 15.1 Å². The first kappa shape index (κ1) is 11.8. The molecule has 2 unspecified atom stereocenters. The van der Waals surface area contributed by atoms with Crippen molar-refractivity contribution >= 4 is 11.6 Å². The van der Waals surface area contributed by atoms with Gasteiger partial charge in [0.05, 0.1) is 12.2 Å². The highest BCUT2D eigenvalue weighted by Crippen LogP contribution is 2.30. The Morgan fingerprint density at radius 3 is 2.41 bits per heavy atom. The highest BCUT2D eigenvalue weighted by Gasteiger charge is 2.36. The summed E-state index contributed by atoms with van der Waals surface area (Å²) in [5.41, 5.74) is 0. The number of hydrogen-bond acceptors (Lipinski definition) is 6. The van der Waals surface area contributed by atoms with Gasteiger partial charge in [0.1, 0.15) is 0 Å². The van der Waals surface area contributed by atoms with E-state index in [1.165, 1.54) is 0 Å². The van der Waals surface area contributed by atoms with Crippen molar-refractivity contribution in [3.63, 3.8) is 0 Å². The zero-order chi connectivity index (χ0) is 12.7. The Kier molecular flexibility index (Phi) is 2.76. The molecule has 8 heteroatoms. The minimum Gasteiger partial charge on any atom is -0.389 e. The van der Waals surface area contributed by atoms with Crippen LogP contribution in [0.2, 0.25) is 0 Å². The highest BCUT2D eigenvalue weighted by molar-refractivity contribution is 5.57. The van der Waals surface area contributed by atoms with Crippen LogP contribution in [-0.2, 0) is 7.05 Å². The molecule has 0 spiro atoms. The Morgan fingerprint density at radius 2 is 1.94 bits per heavy atom. The van der Waals surface area contributed by atoms with E-state index in [0.29, 0.717) is 11.6 Å². The lowest BCUT2D eigenvalue weighted by Gasteiger charge is -2.16. The normalized spacial score (nSPS) is 24.4. The molecule has 1 aliphatic heterocycles. The second-order valence-corrected chi connectivity index (χ2v) is 4.16. The van der Waals surface area contributed by atoms with Crippen molar-refractivity contribution in [3.05, 3.63) is 15.9 Å². The van der Waals surface area contributed by atoms with Crippen LogP contribution in [0.5, 0.6) is 0 Å². The van der Waals surface area contributed by atoms with E-state index in [4.69, 9.17) is 0 Å². The lowest BCUT2D eigenvalue weighted by molar-refractivity contribution is -0.388. The Bertz CT molecular complexity index is 448. The standard InChI is InChI=1S/C9H14N4O4/c1-5-10-8(13(16)17)9(11(5)2)12-3-6(14)7(15)4-12/h6-7,14-15H,3-4H2,1-2H3. The van der Waals surface area contributed by atoms with Gasteiger partial charge in [-0.15, -0.1) is 0 Å². The zero-order valence-corrected chi connectivity index (χ0v) is 9.57. The first-order valence-corrected chi connectivity index (χ1v) is 5.20. The van der Waals surface area contributed by atoms with E-state index in [1.54, 1.807) is 23.4 Å². The molecule has 1 aliphatic rings. The van der Waals surface area contributed by atoms with Gasteiger partial charge in [0.15, 0.2) is 0 Å². The van der Waals surface area contributed by atoms with Crippen molar-refractivity contribution in [2.24, 2.45) is 7.05 Å². The second-order valence-electron chi connectivity index (χ2n) is 4.16. The Morgan fingerprint density at radius 1 is 1.41 bits per heavy atom. The molecular weight excluding hydrogens is 228 g/mol. The summed E-state index contributed by atoms with van der Waals surface area (Å²) in [5, 5.41) is 29.8. The van der Waals surface area contributed by atoms with Gasteiger partial charge in [-0.1, -0.05) is 0 Å². The van der Waals surface area contributed by atoms with Crippen LogP contribution in [-0.4, -0.2) is 50.0 Å². The van der Waals surface area contributed by atoms with Gasteiger partial charge >= 0.3 is 5.82 Å². The van der Waals surface area contributed by atoms with Gasteiger partial charge in [-0.2, -0.15) is 0 Å². The largest absolute Gasteiger partial charge is 0.406 e. The predicted molar refractivity (Wildman–Crippen MR) is 58.8 cm³/mol. The van der Waals surface area contributed by atoms with Crippen molar-refractivity contribution in [1.82, 2.24) is 9.55 Å². The third kappa shape index (κ3) is 1.85. The number of anilines is 1. The van der Waals surface area contributed by atoms with Crippen LogP contribution >= 0.6 is 0 Å². The molecule has 0 radical (unpaired) electrons. The molecule has 0 aliphatic carbocycles. The molecule has 1 aromatic rings. The van der Waals surface area contributed by atoms with Gasteiger partial charge in [-0.3, -0.25) is 4.57 Å². The van der Waals surface area contributed by atoms with Crippen LogP contribution in [0.25, 0.3) is 0 Å². The number of imidazole rings is 1. The monoisotopic (exact) mass is 242 g/mol. The number of aliphatic hydroxyl groups is 2. The third-order valence-electron chi connectivity index (χ3n) is 3.00. The summed E-state index contributed by atoms with van der Waals surface area (Å²) in [5.74, 6) is 0.594. The van der Waals surface area contributed by atoms with Crippen LogP contribution in [0.4, 0.5) is 11.6 Å². The number of aryl methyl sites for hydroxylation is 1. The van der Waals surface area contributed by atoms with Gasteiger partial charge in [-0.25, -0.2) is 0 Å². The number of hydrogen-bond donors (Lipinski definition) is 2. The topological polar surface area (TPSA) is 105 Å². The van der Waals surface area contributed by atoms with Gasteiger partial charge < -0.3 is 25.2 Å². The number of aromatic nitrogens is 2. The molecule has 0 amide bonds. The average Bonchev–Trinajstić information content (AvgIpc) is 2.71. The Labute approximate surface area is 97.3 Å². The highest BCUT2D eigenvalue weighted by atomic mass is 16.6. The maximum atomic E-state index is 10.9. The van der Waals surface area contributed by atoms with Gasteiger partial charge in [0.2, 0.25) is 11.6 Å². The SMILES string of the molecule is Cc1nc([N+](=O)[O-])c(N2CC(O)C(O)C2)n1C. The molecule has 0 aromatic carbocycles. The van der Waals surface area contributed by atoms with E-state index < -0.39 is 17.1 Å². The summed E-state index contributed by atoms with van der Waals surface area (Å²) in [6.07, 6.45) is -1.77. The molecule has 1 aromatic heterocycles. The van der Waals surface area contributed by atoms with E-state index in [1.807, 2.05) is 0 Å². The maximum absolute atomic E-state index is 10.9. The minimum absolute atomic E-state index is 0.168. The molecule has 0 saturated carbocycles. The number of nitro groups is 1. The smallest absolute Gasteiger partial charge is 0.389 e. The molecule has 1 saturated heterocycles. The van der Waals surface area contributed by atoms with Gasteiger partial charge in [0, 0.05) is 27.1 Å². The summed E-state index contributed by atoms with van der Waals surface area (Å²) in [6, 6.07) is 0. The predicted octanol–water partition coefficient (Wildman–Crippen LogP) is -0.821. The van der Waals surface area contributed by atoms with E-state index >= 15 is 0 Å². The van der Waals surface area contributed by atoms with Crippen molar-refractivity contribution in [1.29, 1.82) is 0 Å². The minimum atomic E-state index is -0.884. The average molecular weight is 242 g/mol. The molecule has 17 heavy (non-hydrogen) atoms. The number of β-amino-alcohol motifs (C(OH)–C–C–N with tert-alkyl or cyclic N) is 2. The third-order valence-corrected chi connectivity index (χ3v) is 3.00. The molecule has 2 N–H and O–H groups in total. The first-order chi connectivity index (χ1) is 7.91. The zero-order valence-electron chi connectivity index (χ0n) is 9.57. The summed E-state index contributed by atoms with van der Waals surface area (Å²) < 4.78 is 1.59. The van der Waals surface area contributed by atoms with Crippen LogP contribution in [0.3, 0.4) is 0 Å². The Balaban J connectivity index is 2.41. The number of rotatable bonds is 2. The van der Waals surface area contributed by atoms with Crippen LogP contribution < -0.4 is 4.90 Å². The van der Waals surface area contributed by atoms with E-state index in [9.17, 15) is 20.3 Å².